The van der Waals surface area contributed by atoms with Crippen molar-refractivity contribution in [3.05, 3.63) is 57.8 Å². The van der Waals surface area contributed by atoms with E-state index in [9.17, 15) is 4.39 Å². The van der Waals surface area contributed by atoms with E-state index in [2.05, 4.69) is 21.1 Å². The molecule has 0 aliphatic rings. The number of anilines is 1. The van der Waals surface area contributed by atoms with Crippen molar-refractivity contribution in [1.82, 2.24) is 5.16 Å². The van der Waals surface area contributed by atoms with Gasteiger partial charge in [0.25, 0.3) is 0 Å². The minimum absolute atomic E-state index is 0.238. The average Bonchev–Trinajstić information content (AvgIpc) is 2.80. The van der Waals surface area contributed by atoms with Crippen molar-refractivity contribution in [1.29, 1.82) is 0 Å². The summed E-state index contributed by atoms with van der Waals surface area (Å²) in [5.74, 6) is 0.249. The van der Waals surface area contributed by atoms with Crippen LogP contribution in [0.1, 0.15) is 0 Å². The summed E-state index contributed by atoms with van der Waals surface area (Å²) >= 11 is 9.50. The lowest BCUT2D eigenvalue weighted by Crippen LogP contribution is -1.89. The van der Waals surface area contributed by atoms with Gasteiger partial charge in [-0.3, -0.25) is 0 Å². The minimum atomic E-state index is -0.416. The van der Waals surface area contributed by atoms with Crippen molar-refractivity contribution in [3.8, 4) is 22.5 Å². The Labute approximate surface area is 133 Å². The Hall–Kier alpha value is -1.85. The molecule has 2 N–H and O–H groups in total. The predicted octanol–water partition coefficient (Wildman–Crippen LogP) is 5.15. The molecule has 106 valence electrons. The van der Waals surface area contributed by atoms with Gasteiger partial charge in [0.05, 0.1) is 10.6 Å². The molecule has 6 heteroatoms. The summed E-state index contributed by atoms with van der Waals surface area (Å²) in [7, 11) is 0. The maximum absolute atomic E-state index is 13.2. The molecule has 1 aromatic heterocycles. The van der Waals surface area contributed by atoms with Crippen LogP contribution in [0, 0.1) is 5.82 Å². The van der Waals surface area contributed by atoms with E-state index in [-0.39, 0.29) is 10.8 Å². The van der Waals surface area contributed by atoms with E-state index in [0.717, 1.165) is 10.0 Å². The first-order chi connectivity index (χ1) is 10.1. The molecule has 0 saturated heterocycles. The standard InChI is InChI=1S/C15H9BrClFN2O/c16-9-3-1-2-8(6-9)13-14(21-20-15(13)19)11-5-4-10(18)7-12(11)17/h1-7H,(H2,19,20). The van der Waals surface area contributed by atoms with Crippen molar-refractivity contribution >= 4 is 33.3 Å². The highest BCUT2D eigenvalue weighted by atomic mass is 79.9. The minimum Gasteiger partial charge on any atom is -0.380 e. The Morgan fingerprint density at radius 1 is 1.19 bits per heavy atom. The van der Waals surface area contributed by atoms with Gasteiger partial charge in [0.1, 0.15) is 5.82 Å². The van der Waals surface area contributed by atoms with Crippen LogP contribution in [0.15, 0.2) is 51.5 Å². The van der Waals surface area contributed by atoms with Crippen molar-refractivity contribution in [2.45, 2.75) is 0 Å². The molecule has 0 unspecified atom stereocenters. The zero-order valence-electron chi connectivity index (χ0n) is 10.6. The number of hydrogen-bond acceptors (Lipinski definition) is 3. The fraction of sp³-hybridized carbons (Fsp3) is 0. The number of aromatic nitrogens is 1. The largest absolute Gasteiger partial charge is 0.380 e. The quantitative estimate of drug-likeness (QED) is 0.682. The summed E-state index contributed by atoms with van der Waals surface area (Å²) in [6.07, 6.45) is 0. The van der Waals surface area contributed by atoms with E-state index in [4.69, 9.17) is 21.9 Å². The van der Waals surface area contributed by atoms with Gasteiger partial charge in [-0.05, 0) is 35.9 Å². The molecule has 0 aliphatic heterocycles. The summed E-state index contributed by atoms with van der Waals surface area (Å²) in [5, 5.41) is 4.04. The Bertz CT molecular complexity index is 819. The van der Waals surface area contributed by atoms with Gasteiger partial charge in [0, 0.05) is 10.0 Å². The fourth-order valence-electron chi connectivity index (χ4n) is 2.08. The topological polar surface area (TPSA) is 52.0 Å². The van der Waals surface area contributed by atoms with Crippen molar-refractivity contribution in [2.75, 3.05) is 5.73 Å². The molecule has 0 atom stereocenters. The molecule has 0 amide bonds. The van der Waals surface area contributed by atoms with Crippen LogP contribution >= 0.6 is 27.5 Å². The van der Waals surface area contributed by atoms with Gasteiger partial charge >= 0.3 is 0 Å². The second kappa shape index (κ2) is 5.50. The lowest BCUT2D eigenvalue weighted by Gasteiger charge is -2.05. The Morgan fingerprint density at radius 3 is 2.71 bits per heavy atom. The number of hydrogen-bond donors (Lipinski definition) is 1. The van der Waals surface area contributed by atoms with Crippen molar-refractivity contribution < 1.29 is 8.91 Å². The molecular formula is C15H9BrClFN2O. The number of rotatable bonds is 2. The SMILES string of the molecule is Nc1noc(-c2ccc(F)cc2Cl)c1-c1cccc(Br)c1. The molecule has 2 aromatic carbocycles. The molecule has 0 aliphatic carbocycles. The van der Waals surface area contributed by atoms with E-state index < -0.39 is 5.82 Å². The lowest BCUT2D eigenvalue weighted by molar-refractivity contribution is 0.436. The zero-order valence-corrected chi connectivity index (χ0v) is 13.0. The van der Waals surface area contributed by atoms with Crippen LogP contribution in [0.5, 0.6) is 0 Å². The van der Waals surface area contributed by atoms with Gasteiger partial charge in [-0.25, -0.2) is 4.39 Å². The first-order valence-corrected chi connectivity index (χ1v) is 7.20. The van der Waals surface area contributed by atoms with E-state index in [1.54, 1.807) is 6.07 Å². The highest BCUT2D eigenvalue weighted by Gasteiger charge is 2.20. The number of benzene rings is 2. The van der Waals surface area contributed by atoms with Gasteiger partial charge in [0.2, 0.25) is 0 Å². The van der Waals surface area contributed by atoms with E-state index in [0.29, 0.717) is 16.9 Å². The number of halogens is 3. The molecule has 0 fully saturated rings. The first-order valence-electron chi connectivity index (χ1n) is 6.03. The third-order valence-electron chi connectivity index (χ3n) is 3.01. The van der Waals surface area contributed by atoms with Crippen molar-refractivity contribution in [2.24, 2.45) is 0 Å². The van der Waals surface area contributed by atoms with Crippen LogP contribution in [-0.4, -0.2) is 5.16 Å². The van der Waals surface area contributed by atoms with Gasteiger partial charge in [-0.1, -0.05) is 44.8 Å². The summed E-state index contributed by atoms with van der Waals surface area (Å²) in [4.78, 5) is 0. The van der Waals surface area contributed by atoms with Crippen molar-refractivity contribution in [3.63, 3.8) is 0 Å². The summed E-state index contributed by atoms with van der Waals surface area (Å²) in [6.45, 7) is 0. The van der Waals surface area contributed by atoms with Crippen LogP contribution < -0.4 is 5.73 Å². The molecule has 1 heterocycles. The molecule has 3 nitrogen and oxygen atoms in total. The third-order valence-corrected chi connectivity index (χ3v) is 3.81. The zero-order chi connectivity index (χ0) is 15.0. The predicted molar refractivity (Wildman–Crippen MR) is 84.5 cm³/mol. The Kier molecular flexibility index (Phi) is 3.69. The molecule has 0 saturated carbocycles. The highest BCUT2D eigenvalue weighted by molar-refractivity contribution is 9.10. The second-order valence-electron chi connectivity index (χ2n) is 4.41. The highest BCUT2D eigenvalue weighted by Crippen LogP contribution is 2.40. The Balaban J connectivity index is 2.22. The van der Waals surface area contributed by atoms with Gasteiger partial charge in [0.15, 0.2) is 11.6 Å². The molecule has 0 bridgehead atoms. The summed E-state index contributed by atoms with van der Waals surface area (Å²) in [5.41, 5.74) is 7.90. The van der Waals surface area contributed by atoms with E-state index in [1.807, 2.05) is 24.3 Å². The summed E-state index contributed by atoms with van der Waals surface area (Å²) in [6, 6.07) is 11.6. The van der Waals surface area contributed by atoms with Crippen LogP contribution in [0.3, 0.4) is 0 Å². The van der Waals surface area contributed by atoms with Gasteiger partial charge in [-0.15, -0.1) is 0 Å². The molecule has 3 rings (SSSR count). The maximum atomic E-state index is 13.2. The molecular weight excluding hydrogens is 359 g/mol. The number of nitrogens with two attached hydrogens (primary N) is 1. The normalized spacial score (nSPS) is 10.8. The number of nitrogen functional groups attached to an aromatic ring is 1. The Morgan fingerprint density at radius 2 is 2.00 bits per heavy atom. The van der Waals surface area contributed by atoms with Gasteiger partial charge in [-0.2, -0.15) is 0 Å². The van der Waals surface area contributed by atoms with Crippen LogP contribution in [0.2, 0.25) is 5.02 Å². The lowest BCUT2D eigenvalue weighted by atomic mass is 10.0. The van der Waals surface area contributed by atoms with E-state index in [1.165, 1.54) is 12.1 Å². The maximum Gasteiger partial charge on any atom is 0.178 e. The third kappa shape index (κ3) is 2.66. The molecule has 0 radical (unpaired) electrons. The average molecular weight is 368 g/mol. The number of nitrogens with zero attached hydrogens (tertiary/aromatic N) is 1. The molecule has 0 spiro atoms. The fourth-order valence-corrected chi connectivity index (χ4v) is 2.74. The smallest absolute Gasteiger partial charge is 0.178 e. The monoisotopic (exact) mass is 366 g/mol. The molecule has 21 heavy (non-hydrogen) atoms. The van der Waals surface area contributed by atoms with Gasteiger partial charge < -0.3 is 10.3 Å². The first kappa shape index (κ1) is 14.1. The summed E-state index contributed by atoms with van der Waals surface area (Å²) < 4.78 is 19.4. The van der Waals surface area contributed by atoms with Crippen LogP contribution in [-0.2, 0) is 0 Å². The second-order valence-corrected chi connectivity index (χ2v) is 5.73. The van der Waals surface area contributed by atoms with E-state index >= 15 is 0 Å². The molecule has 3 aromatic rings. The van der Waals surface area contributed by atoms with Crippen LogP contribution in [0.4, 0.5) is 10.2 Å². The van der Waals surface area contributed by atoms with Crippen LogP contribution in [0.25, 0.3) is 22.5 Å².